The number of aromatic nitrogens is 8. The van der Waals surface area contributed by atoms with Gasteiger partial charge in [0.15, 0.2) is 28.6 Å². The van der Waals surface area contributed by atoms with Crippen LogP contribution in [-0.4, -0.2) is 88.7 Å². The first kappa shape index (κ1) is 60.6. The number of carbonyl (C=O) groups is 2. The van der Waals surface area contributed by atoms with Crippen molar-refractivity contribution in [1.82, 2.24) is 39.5 Å². The molecule has 75 heavy (non-hydrogen) atoms. The first-order valence-electron chi connectivity index (χ1n) is 20.8. The molecule has 4 heterocycles. The highest BCUT2D eigenvalue weighted by molar-refractivity contribution is 6.40. The third-order valence-corrected chi connectivity index (χ3v) is 9.30. The lowest BCUT2D eigenvalue weighted by molar-refractivity contribution is -0.139. The number of halogens is 11. The van der Waals surface area contributed by atoms with Gasteiger partial charge in [0, 0.05) is 30.2 Å². The van der Waals surface area contributed by atoms with Crippen molar-refractivity contribution in [2.45, 2.75) is 52.3 Å². The Kier molecular flexibility index (Phi) is 23.1. The molecule has 0 saturated heterocycles. The van der Waals surface area contributed by atoms with Gasteiger partial charge < -0.3 is 25.7 Å². The molecule has 0 radical (unpaired) electrons. The monoisotopic (exact) mass is 1090 g/mol. The predicted octanol–water partition coefficient (Wildman–Crippen LogP) is 12.2. The van der Waals surface area contributed by atoms with Crippen LogP contribution in [0.15, 0.2) is 92.2 Å². The average molecular weight is 1090 g/mol. The van der Waals surface area contributed by atoms with E-state index >= 15 is 0 Å². The van der Waals surface area contributed by atoms with E-state index in [-0.39, 0.29) is 63.0 Å². The van der Waals surface area contributed by atoms with Gasteiger partial charge in [0.05, 0.1) is 76.2 Å². The molecule has 17 nitrogen and oxygen atoms in total. The molecule has 0 aliphatic carbocycles. The summed E-state index contributed by atoms with van der Waals surface area (Å²) in [4.78, 5) is 59.1. The highest BCUT2D eigenvalue weighted by atomic mass is 35.5. The summed E-state index contributed by atoms with van der Waals surface area (Å²) >= 11 is 9.53. The van der Waals surface area contributed by atoms with E-state index in [4.69, 9.17) is 48.7 Å². The molecule has 7 aromatic rings. The van der Waals surface area contributed by atoms with Crippen molar-refractivity contribution < 1.29 is 53.8 Å². The largest absolute Gasteiger partial charge is 0.425 e. The van der Waals surface area contributed by atoms with Crippen LogP contribution >= 0.6 is 23.2 Å². The maximum atomic E-state index is 13.0. The van der Waals surface area contributed by atoms with Crippen molar-refractivity contribution in [3.8, 4) is 17.1 Å². The Bertz CT molecular complexity index is 3170. The van der Waals surface area contributed by atoms with E-state index in [1.807, 2.05) is 0 Å². The number of benzene rings is 3. The number of fused-ring (bicyclic) bond motifs is 1. The van der Waals surface area contributed by atoms with E-state index in [1.54, 1.807) is 20.8 Å². The van der Waals surface area contributed by atoms with E-state index in [0.29, 0.717) is 51.5 Å². The number of nitrogen functional groups attached to an aromatic ring is 1. The molecule has 0 saturated carbocycles. The van der Waals surface area contributed by atoms with E-state index in [9.17, 15) is 49.1 Å². The van der Waals surface area contributed by atoms with Crippen LogP contribution in [0.5, 0.6) is 5.75 Å². The fourth-order valence-corrected chi connectivity index (χ4v) is 5.92. The van der Waals surface area contributed by atoms with Gasteiger partial charge in [0.2, 0.25) is 0 Å². The Morgan fingerprint density at radius 2 is 1.21 bits per heavy atom. The molecule has 3 aromatic carbocycles. The van der Waals surface area contributed by atoms with E-state index in [0.717, 1.165) is 4.57 Å². The zero-order valence-corrected chi connectivity index (χ0v) is 40.7. The highest BCUT2D eigenvalue weighted by Gasteiger charge is 2.31. The quantitative estimate of drug-likeness (QED) is 0.0276. The number of ether oxygens (including phenoxy) is 1. The molecule has 0 bridgehead atoms. The average Bonchev–Trinajstić information content (AvgIpc) is 3.70. The third kappa shape index (κ3) is 20.4. The predicted molar refractivity (Wildman–Crippen MR) is 262 cm³/mol. The van der Waals surface area contributed by atoms with Crippen molar-refractivity contribution >= 4 is 80.6 Å². The van der Waals surface area contributed by atoms with Crippen LogP contribution in [0.25, 0.3) is 37.0 Å². The number of imidazole rings is 1. The van der Waals surface area contributed by atoms with Crippen molar-refractivity contribution in [2.24, 2.45) is 0 Å². The fraction of sp³-hybridized carbons (Fsp3) is 0.234. The zero-order chi connectivity index (χ0) is 55.9. The Labute approximate surface area is 431 Å². The number of hydrogen-bond acceptors (Lipinski definition) is 13. The van der Waals surface area contributed by atoms with Crippen LogP contribution < -0.4 is 21.1 Å². The molecule has 0 aliphatic heterocycles. The Morgan fingerprint density at radius 3 is 1.75 bits per heavy atom. The molecule has 0 aliphatic rings. The fourth-order valence-electron chi connectivity index (χ4n) is 5.92. The van der Waals surface area contributed by atoms with Crippen LogP contribution in [0.3, 0.4) is 0 Å². The summed E-state index contributed by atoms with van der Waals surface area (Å²) in [5.74, 6) is 0.230. The molecule has 0 fully saturated rings. The lowest BCUT2D eigenvalue weighted by atomic mass is 10.0. The van der Waals surface area contributed by atoms with Crippen molar-refractivity contribution in [3.05, 3.63) is 155 Å². The normalized spacial score (nSPS) is 10.7. The number of aryl methyl sites for hydroxylation is 3. The van der Waals surface area contributed by atoms with Crippen molar-refractivity contribution in [1.29, 1.82) is 0 Å². The number of Topliss-reactive ketones (excluding diaryl/α,β-unsaturated/α-hetero) is 1. The minimum Gasteiger partial charge on any atom is -0.425 e. The van der Waals surface area contributed by atoms with Crippen LogP contribution in [0, 0.1) is 40.5 Å². The summed E-state index contributed by atoms with van der Waals surface area (Å²) in [7, 11) is 0. The Morgan fingerprint density at radius 1 is 0.707 bits per heavy atom. The number of ketones is 1. The number of nitrogens with one attached hydrogen (secondary N) is 2. The molecule has 7 rings (SSSR count). The Balaban J connectivity index is 0.000000270. The second-order valence-corrected chi connectivity index (χ2v) is 15.4. The summed E-state index contributed by atoms with van der Waals surface area (Å²) in [5.41, 5.74) is 10.0. The van der Waals surface area contributed by atoms with Gasteiger partial charge in [-0.15, -0.1) is 23.2 Å². The van der Waals surface area contributed by atoms with Crippen molar-refractivity contribution in [2.75, 3.05) is 34.8 Å². The topological polar surface area (TPSA) is 202 Å². The number of nitrogens with two attached hydrogens (primary N) is 1. The SMILES string of the molecule is Cc1ncncc1OC=O.ClCCl.[C-]#[N+]c1ccc(CC(=O)c2cncnc2C)c(NCC(F)(F)F)c1.[C-]#[N+]c1ccc(N)c(NCC(F)(F)F)c1.[C-]#[N+]c1ccc2nc(-c3cncnc3C)n(CC(F)(F)F)c2c1. The smallest absolute Gasteiger partial charge is 0.406 e. The summed E-state index contributed by atoms with van der Waals surface area (Å²) < 4.78 is 118. The molecule has 28 heteroatoms. The molecular formula is C47H39Cl2F9N14O3. The number of nitrogens with zero attached hydrogens (tertiary/aromatic N) is 11. The molecule has 0 spiro atoms. The first-order chi connectivity index (χ1) is 35.4. The highest BCUT2D eigenvalue weighted by Crippen LogP contribution is 2.32. The summed E-state index contributed by atoms with van der Waals surface area (Å²) in [6.07, 6.45) is -4.96. The zero-order valence-electron chi connectivity index (χ0n) is 39.2. The maximum Gasteiger partial charge on any atom is 0.406 e. The molecule has 392 valence electrons. The number of rotatable bonds is 11. The van der Waals surface area contributed by atoms with Gasteiger partial charge in [-0.3, -0.25) is 9.59 Å². The lowest BCUT2D eigenvalue weighted by Crippen LogP contribution is -2.22. The molecule has 0 amide bonds. The van der Waals surface area contributed by atoms with E-state index < -0.39 is 38.2 Å². The van der Waals surface area contributed by atoms with Crippen LogP contribution in [-0.2, 0) is 17.8 Å². The number of anilines is 3. The van der Waals surface area contributed by atoms with Gasteiger partial charge in [0.1, 0.15) is 44.4 Å². The van der Waals surface area contributed by atoms with Gasteiger partial charge >= 0.3 is 18.5 Å². The van der Waals surface area contributed by atoms with Gasteiger partial charge in [-0.1, -0.05) is 24.3 Å². The summed E-state index contributed by atoms with van der Waals surface area (Å²) in [6.45, 7) is 22.5. The van der Waals surface area contributed by atoms with E-state index in [1.165, 1.54) is 92.2 Å². The summed E-state index contributed by atoms with van der Waals surface area (Å²) in [5, 5.41) is 4.58. The summed E-state index contributed by atoms with van der Waals surface area (Å²) in [6, 6.07) is 12.8. The van der Waals surface area contributed by atoms with Crippen molar-refractivity contribution in [3.63, 3.8) is 0 Å². The lowest BCUT2D eigenvalue weighted by Gasteiger charge is -2.14. The third-order valence-electron chi connectivity index (χ3n) is 9.30. The second-order valence-electron chi connectivity index (χ2n) is 14.6. The second kappa shape index (κ2) is 28.5. The molecule has 0 atom stereocenters. The Hall–Kier alpha value is -8.67. The minimum atomic E-state index is -4.42. The van der Waals surface area contributed by atoms with Crippen LogP contribution in [0.1, 0.15) is 33.0 Å². The van der Waals surface area contributed by atoms with Gasteiger partial charge in [-0.2, -0.15) is 39.5 Å². The van der Waals surface area contributed by atoms with Gasteiger partial charge in [0.25, 0.3) is 6.47 Å². The number of hydrogen-bond donors (Lipinski definition) is 3. The van der Waals surface area contributed by atoms with E-state index in [2.05, 4.69) is 64.8 Å². The first-order valence-corrected chi connectivity index (χ1v) is 21.8. The van der Waals surface area contributed by atoms with Gasteiger partial charge in [-0.25, -0.2) is 49.4 Å². The number of carbonyl (C=O) groups excluding carboxylic acids is 2. The maximum absolute atomic E-state index is 13.0. The molecule has 4 N–H and O–H groups in total. The minimum absolute atomic E-state index is 0.115. The number of alkyl halides is 11. The van der Waals surface area contributed by atoms with Crippen LogP contribution in [0.2, 0.25) is 0 Å². The molecule has 0 unspecified atom stereocenters. The molecule has 4 aromatic heterocycles. The van der Waals surface area contributed by atoms with Gasteiger partial charge in [-0.05, 0) is 56.7 Å². The standard InChI is InChI=1S/C16H13F3N4O.C15H10F3N5.C9H8F3N3.C6H6N2O2.CH2Cl2/c1-10-13(7-21-9-23-10)15(24)5-11-3-4-12(20-2)6-14(11)22-8-16(17,18)19;1-9-11(6-20-8-21-9)14-22-12-4-3-10(19-2)5-13(12)23(14)7-15(16,17)18;1-14-6-2-3-7(13)8(4-6)15-5-9(10,11)12;1-5-6(10-4-9)2-7-3-8-5;2-1-3/h3-4,6-7,9,22H,5,8H2,1H3;3-6,8H,7H2,1H3;2-4,15H,5,13H2;2-4H,1H3;1H2. The van der Waals surface area contributed by atoms with Crippen LogP contribution in [0.4, 0.5) is 73.6 Å². The molecular weight excluding hydrogens is 1050 g/mol.